The Morgan fingerprint density at radius 1 is 1.03 bits per heavy atom. The molecule has 0 aliphatic heterocycles. The number of fused-ring (bicyclic) bond motifs is 1. The van der Waals surface area contributed by atoms with Gasteiger partial charge in [-0.25, -0.2) is 13.4 Å². The number of hydrogen-bond donors (Lipinski definition) is 1. The maximum Gasteiger partial charge on any atom is 0.222 e. The fourth-order valence-electron chi connectivity index (χ4n) is 3.20. The van der Waals surface area contributed by atoms with Gasteiger partial charge >= 0.3 is 0 Å². The lowest BCUT2D eigenvalue weighted by Gasteiger charge is -2.08. The Balaban J connectivity index is 1.44. The van der Waals surface area contributed by atoms with Crippen molar-refractivity contribution in [2.24, 2.45) is 0 Å². The zero-order chi connectivity index (χ0) is 21.8. The number of aryl methyl sites for hydroxylation is 1. The van der Waals surface area contributed by atoms with Gasteiger partial charge in [0, 0.05) is 41.5 Å². The number of aromatic nitrogens is 3. The molecule has 0 fully saturated rings. The first kappa shape index (κ1) is 20.9. The Morgan fingerprint density at radius 2 is 1.90 bits per heavy atom. The van der Waals surface area contributed by atoms with E-state index in [1.54, 1.807) is 18.3 Å². The average molecular weight is 438 g/mol. The number of nitrogens with one attached hydrogen (secondary N) is 1. The summed E-state index contributed by atoms with van der Waals surface area (Å²) in [5.74, 6) is 2.39. The number of sulfone groups is 1. The fraction of sp³-hybridized carbons (Fsp3) is 0.217. The van der Waals surface area contributed by atoms with Gasteiger partial charge < -0.3 is 14.5 Å². The second kappa shape index (κ2) is 8.77. The van der Waals surface area contributed by atoms with Gasteiger partial charge in [0.2, 0.25) is 5.88 Å². The molecule has 2 heterocycles. The van der Waals surface area contributed by atoms with E-state index in [1.807, 2.05) is 43.3 Å². The Hall–Kier alpha value is -3.39. The van der Waals surface area contributed by atoms with Crippen molar-refractivity contribution in [1.29, 1.82) is 0 Å². The van der Waals surface area contributed by atoms with Crippen molar-refractivity contribution in [3.8, 4) is 17.4 Å². The monoisotopic (exact) mass is 437 g/mol. The molecular weight excluding hydrogens is 414 g/mol. The van der Waals surface area contributed by atoms with Crippen molar-refractivity contribution in [3.05, 3.63) is 77.9 Å². The third-order valence-corrected chi connectivity index (χ3v) is 5.52. The van der Waals surface area contributed by atoms with E-state index in [2.05, 4.69) is 21.0 Å². The van der Waals surface area contributed by atoms with E-state index in [9.17, 15) is 8.42 Å². The molecule has 0 amide bonds. The molecule has 0 atom stereocenters. The summed E-state index contributed by atoms with van der Waals surface area (Å²) in [4.78, 5) is 12.1. The average Bonchev–Trinajstić information content (AvgIpc) is 3.07. The van der Waals surface area contributed by atoms with Crippen molar-refractivity contribution in [3.63, 3.8) is 0 Å². The Bertz CT molecular complexity index is 1320. The predicted molar refractivity (Wildman–Crippen MR) is 120 cm³/mol. The molecule has 4 rings (SSSR count). The van der Waals surface area contributed by atoms with E-state index in [4.69, 9.17) is 9.47 Å². The number of hydrogen-bond acceptors (Lipinski definition) is 6. The summed E-state index contributed by atoms with van der Waals surface area (Å²) in [5.41, 5.74) is 3.11. The highest BCUT2D eigenvalue weighted by Gasteiger charge is 2.07. The van der Waals surface area contributed by atoms with E-state index in [-0.39, 0.29) is 12.4 Å². The van der Waals surface area contributed by atoms with Gasteiger partial charge in [-0.3, -0.25) is 0 Å². The van der Waals surface area contributed by atoms with Crippen molar-refractivity contribution in [2.75, 3.05) is 18.6 Å². The van der Waals surface area contributed by atoms with Crippen LogP contribution in [-0.2, 0) is 16.3 Å². The normalized spacial score (nSPS) is 11.5. The summed E-state index contributed by atoms with van der Waals surface area (Å²) in [6, 6.07) is 17.1. The van der Waals surface area contributed by atoms with Crippen LogP contribution in [0.5, 0.6) is 17.4 Å². The van der Waals surface area contributed by atoms with Crippen LogP contribution in [0.1, 0.15) is 17.1 Å². The van der Waals surface area contributed by atoms with Crippen molar-refractivity contribution < 1.29 is 17.9 Å². The molecule has 0 saturated carbocycles. The van der Waals surface area contributed by atoms with Gasteiger partial charge in [-0.05, 0) is 48.9 Å². The Morgan fingerprint density at radius 3 is 2.74 bits per heavy atom. The minimum Gasteiger partial charge on any atom is -0.493 e. The lowest BCUT2D eigenvalue weighted by Crippen LogP contribution is -2.12. The highest BCUT2D eigenvalue weighted by molar-refractivity contribution is 7.90. The number of H-pyrrole nitrogens is 1. The number of ether oxygens (including phenoxy) is 2. The van der Waals surface area contributed by atoms with Gasteiger partial charge in [0.1, 0.15) is 23.9 Å². The van der Waals surface area contributed by atoms with Crippen LogP contribution >= 0.6 is 0 Å². The van der Waals surface area contributed by atoms with Crippen molar-refractivity contribution in [1.82, 2.24) is 15.0 Å². The Kier molecular flexibility index (Phi) is 5.90. The van der Waals surface area contributed by atoms with Crippen molar-refractivity contribution >= 4 is 20.7 Å². The van der Waals surface area contributed by atoms with Crippen LogP contribution < -0.4 is 9.47 Å². The van der Waals surface area contributed by atoms with Gasteiger partial charge in [0.05, 0.1) is 5.75 Å². The zero-order valence-corrected chi connectivity index (χ0v) is 18.1. The highest BCUT2D eigenvalue weighted by atomic mass is 32.2. The molecule has 0 bridgehead atoms. The predicted octanol–water partition coefficient (Wildman–Crippen LogP) is 4.07. The standard InChI is InChI=1S/C23H23N3O4S/c1-16-12-18-15-20(6-7-21(18)25-16)30-23-8-9-24-22(26-23)14-17-4-3-5-19(13-17)29-10-11-31(2,27)28/h3-9,12-13,15,25H,10-11,14H2,1-2H3. The summed E-state index contributed by atoms with van der Waals surface area (Å²) in [6.07, 6.45) is 3.36. The quantitative estimate of drug-likeness (QED) is 0.447. The second-order valence-corrected chi connectivity index (χ2v) is 9.68. The second-order valence-electron chi connectivity index (χ2n) is 7.42. The summed E-state index contributed by atoms with van der Waals surface area (Å²) >= 11 is 0. The van der Waals surface area contributed by atoms with Crippen LogP contribution in [-0.4, -0.2) is 42.0 Å². The van der Waals surface area contributed by atoms with Gasteiger partial charge in [-0.15, -0.1) is 0 Å². The lowest BCUT2D eigenvalue weighted by molar-refractivity contribution is 0.341. The van der Waals surface area contributed by atoms with Crippen LogP contribution in [0.25, 0.3) is 10.9 Å². The van der Waals surface area contributed by atoms with Crippen LogP contribution in [0.15, 0.2) is 60.8 Å². The molecular formula is C23H23N3O4S. The third kappa shape index (κ3) is 5.82. The molecule has 4 aromatic rings. The molecule has 7 nitrogen and oxygen atoms in total. The van der Waals surface area contributed by atoms with Crippen molar-refractivity contribution in [2.45, 2.75) is 13.3 Å². The molecule has 0 unspecified atom stereocenters. The minimum atomic E-state index is -3.06. The number of nitrogens with zero attached hydrogens (tertiary/aromatic N) is 2. The van der Waals surface area contributed by atoms with E-state index in [0.29, 0.717) is 29.6 Å². The van der Waals surface area contributed by atoms with Crippen LogP contribution in [0, 0.1) is 6.92 Å². The van der Waals surface area contributed by atoms with Gasteiger partial charge in [-0.1, -0.05) is 12.1 Å². The van der Waals surface area contributed by atoms with Gasteiger partial charge in [-0.2, -0.15) is 4.98 Å². The summed E-state index contributed by atoms with van der Waals surface area (Å²) in [5, 5.41) is 1.08. The third-order valence-electron chi connectivity index (χ3n) is 4.61. The van der Waals surface area contributed by atoms with Gasteiger partial charge in [0.15, 0.2) is 9.84 Å². The molecule has 0 aliphatic rings. The first-order valence-corrected chi connectivity index (χ1v) is 11.9. The van der Waals surface area contributed by atoms with E-state index < -0.39 is 9.84 Å². The number of rotatable bonds is 8. The molecule has 31 heavy (non-hydrogen) atoms. The SMILES string of the molecule is Cc1cc2cc(Oc3ccnc(Cc4cccc(OCCS(C)(=O)=O)c4)n3)ccc2[nH]1. The van der Waals surface area contributed by atoms with Crippen LogP contribution in [0.4, 0.5) is 0 Å². The molecule has 2 aromatic heterocycles. The highest BCUT2D eigenvalue weighted by Crippen LogP contribution is 2.25. The molecule has 0 radical (unpaired) electrons. The van der Waals surface area contributed by atoms with E-state index in [1.165, 1.54) is 6.26 Å². The molecule has 1 N–H and O–H groups in total. The summed E-state index contributed by atoms with van der Waals surface area (Å²) in [6.45, 7) is 2.14. The molecule has 0 spiro atoms. The summed E-state index contributed by atoms with van der Waals surface area (Å²) in [7, 11) is -3.06. The first-order valence-electron chi connectivity index (χ1n) is 9.83. The largest absolute Gasteiger partial charge is 0.493 e. The van der Waals surface area contributed by atoms with Crippen LogP contribution in [0.2, 0.25) is 0 Å². The Labute approximate surface area is 181 Å². The lowest BCUT2D eigenvalue weighted by atomic mass is 10.1. The maximum atomic E-state index is 11.2. The minimum absolute atomic E-state index is 0.0200. The molecule has 8 heteroatoms. The van der Waals surface area contributed by atoms with E-state index in [0.717, 1.165) is 22.2 Å². The fourth-order valence-corrected chi connectivity index (χ4v) is 3.59. The molecule has 160 valence electrons. The smallest absolute Gasteiger partial charge is 0.222 e. The molecule has 0 saturated heterocycles. The topological polar surface area (TPSA) is 94.2 Å². The van der Waals surface area contributed by atoms with E-state index >= 15 is 0 Å². The number of benzene rings is 2. The maximum absolute atomic E-state index is 11.2. The molecule has 2 aromatic carbocycles. The zero-order valence-electron chi connectivity index (χ0n) is 17.3. The van der Waals surface area contributed by atoms with Gasteiger partial charge in [0.25, 0.3) is 0 Å². The number of aromatic amines is 1. The molecule has 0 aliphatic carbocycles. The summed E-state index contributed by atoms with van der Waals surface area (Å²) < 4.78 is 34.0. The first-order chi connectivity index (χ1) is 14.8. The van der Waals surface area contributed by atoms with Crippen LogP contribution in [0.3, 0.4) is 0 Å².